The van der Waals surface area contributed by atoms with Gasteiger partial charge in [0.25, 0.3) is 0 Å². The van der Waals surface area contributed by atoms with E-state index in [-0.39, 0.29) is 6.03 Å². The number of rotatable bonds is 2. The van der Waals surface area contributed by atoms with E-state index in [1.54, 1.807) is 0 Å². The molecule has 3 atom stereocenters. The standard InChI is InChI=1S/C16H22N2O/c1-10(2)12-5-3-4-6-13(12)11-7-8-14-15(9-11)18-16(19)17-14/h3-6,10-11,14-15H,7-9H2,1-2H3,(H2,17,18,19). The maximum Gasteiger partial charge on any atom is 0.315 e. The fraction of sp³-hybridized carbons (Fsp3) is 0.562. The van der Waals surface area contributed by atoms with Gasteiger partial charge < -0.3 is 10.6 Å². The lowest BCUT2D eigenvalue weighted by Gasteiger charge is -2.32. The molecular weight excluding hydrogens is 236 g/mol. The van der Waals surface area contributed by atoms with Crippen LogP contribution in [0.1, 0.15) is 56.1 Å². The number of hydrogen-bond donors (Lipinski definition) is 2. The summed E-state index contributed by atoms with van der Waals surface area (Å²) in [4.78, 5) is 11.4. The molecule has 3 unspecified atom stereocenters. The number of amides is 2. The van der Waals surface area contributed by atoms with Crippen LogP contribution < -0.4 is 10.6 Å². The topological polar surface area (TPSA) is 41.1 Å². The van der Waals surface area contributed by atoms with E-state index < -0.39 is 0 Å². The molecule has 3 nitrogen and oxygen atoms in total. The molecule has 2 fully saturated rings. The van der Waals surface area contributed by atoms with Crippen LogP contribution in [0.3, 0.4) is 0 Å². The van der Waals surface area contributed by atoms with E-state index >= 15 is 0 Å². The summed E-state index contributed by atoms with van der Waals surface area (Å²) in [6.45, 7) is 4.51. The largest absolute Gasteiger partial charge is 0.333 e. The number of carbonyl (C=O) groups excluding carboxylic acids is 1. The quantitative estimate of drug-likeness (QED) is 0.840. The minimum Gasteiger partial charge on any atom is -0.333 e. The maximum absolute atomic E-state index is 11.4. The number of benzene rings is 1. The molecule has 2 aliphatic rings. The average Bonchev–Trinajstić information content (AvgIpc) is 2.77. The van der Waals surface area contributed by atoms with Gasteiger partial charge in [0.1, 0.15) is 0 Å². The highest BCUT2D eigenvalue weighted by Gasteiger charge is 2.37. The van der Waals surface area contributed by atoms with Crippen LogP contribution in [0.5, 0.6) is 0 Å². The highest BCUT2D eigenvalue weighted by molar-refractivity contribution is 5.77. The molecule has 0 spiro atoms. The molecule has 1 aromatic carbocycles. The van der Waals surface area contributed by atoms with Crippen LogP contribution >= 0.6 is 0 Å². The number of nitrogens with one attached hydrogen (secondary N) is 2. The Kier molecular flexibility index (Phi) is 3.21. The van der Waals surface area contributed by atoms with Crippen molar-refractivity contribution in [2.45, 2.75) is 57.0 Å². The van der Waals surface area contributed by atoms with Gasteiger partial charge in [-0.3, -0.25) is 0 Å². The van der Waals surface area contributed by atoms with Crippen molar-refractivity contribution in [1.29, 1.82) is 0 Å². The van der Waals surface area contributed by atoms with Gasteiger partial charge in [-0.25, -0.2) is 4.79 Å². The molecule has 2 N–H and O–H groups in total. The van der Waals surface area contributed by atoms with E-state index in [9.17, 15) is 4.79 Å². The van der Waals surface area contributed by atoms with E-state index in [1.807, 2.05) is 0 Å². The van der Waals surface area contributed by atoms with Gasteiger partial charge in [-0.2, -0.15) is 0 Å². The minimum atomic E-state index is 0.00722. The van der Waals surface area contributed by atoms with Crippen LogP contribution in [0.15, 0.2) is 24.3 Å². The third-order valence-electron chi connectivity index (χ3n) is 4.54. The fourth-order valence-electron chi connectivity index (χ4n) is 3.57. The molecule has 0 bridgehead atoms. The van der Waals surface area contributed by atoms with Gasteiger partial charge >= 0.3 is 6.03 Å². The summed E-state index contributed by atoms with van der Waals surface area (Å²) in [7, 11) is 0. The predicted octanol–water partition coefficient (Wildman–Crippen LogP) is 3.13. The zero-order valence-electron chi connectivity index (χ0n) is 11.6. The van der Waals surface area contributed by atoms with Crippen molar-refractivity contribution in [3.8, 4) is 0 Å². The third-order valence-corrected chi connectivity index (χ3v) is 4.54. The van der Waals surface area contributed by atoms with Crippen LogP contribution in [0, 0.1) is 0 Å². The normalized spacial score (nSPS) is 29.8. The zero-order valence-corrected chi connectivity index (χ0v) is 11.6. The van der Waals surface area contributed by atoms with E-state index in [2.05, 4.69) is 48.7 Å². The Hall–Kier alpha value is -1.51. The van der Waals surface area contributed by atoms with Gasteiger partial charge in [-0.05, 0) is 42.2 Å². The number of hydrogen-bond acceptors (Lipinski definition) is 1. The molecule has 1 aromatic rings. The molecule has 1 saturated heterocycles. The molecule has 1 saturated carbocycles. The van der Waals surface area contributed by atoms with Crippen LogP contribution in [-0.4, -0.2) is 18.1 Å². The molecule has 3 heteroatoms. The first kappa shape index (κ1) is 12.5. The summed E-state index contributed by atoms with van der Waals surface area (Å²) in [5.41, 5.74) is 2.94. The monoisotopic (exact) mass is 258 g/mol. The Labute approximate surface area is 114 Å². The fourth-order valence-corrected chi connectivity index (χ4v) is 3.57. The second kappa shape index (κ2) is 4.87. The smallest absolute Gasteiger partial charge is 0.315 e. The van der Waals surface area contributed by atoms with Gasteiger partial charge in [-0.15, -0.1) is 0 Å². The van der Waals surface area contributed by atoms with Gasteiger partial charge in [0.15, 0.2) is 0 Å². The van der Waals surface area contributed by atoms with Crippen LogP contribution in [-0.2, 0) is 0 Å². The number of urea groups is 1. The Balaban J connectivity index is 1.82. The first-order valence-corrected chi connectivity index (χ1v) is 7.31. The predicted molar refractivity (Wildman–Crippen MR) is 76.4 cm³/mol. The van der Waals surface area contributed by atoms with Crippen molar-refractivity contribution in [2.24, 2.45) is 0 Å². The van der Waals surface area contributed by atoms with Gasteiger partial charge in [0, 0.05) is 0 Å². The first-order valence-electron chi connectivity index (χ1n) is 7.31. The Bertz CT molecular complexity index is 483. The van der Waals surface area contributed by atoms with E-state index in [0.717, 1.165) is 12.8 Å². The minimum absolute atomic E-state index is 0.00722. The molecule has 1 aliphatic heterocycles. The highest BCUT2D eigenvalue weighted by Crippen LogP contribution is 2.37. The zero-order chi connectivity index (χ0) is 13.4. The second-order valence-corrected chi connectivity index (χ2v) is 6.12. The Morgan fingerprint density at radius 1 is 1.11 bits per heavy atom. The number of fused-ring (bicyclic) bond motifs is 1. The molecule has 3 rings (SSSR count). The molecule has 0 aromatic heterocycles. The first-order chi connectivity index (χ1) is 9.15. The molecule has 19 heavy (non-hydrogen) atoms. The summed E-state index contributed by atoms with van der Waals surface area (Å²) in [6, 6.07) is 9.44. The molecule has 1 heterocycles. The van der Waals surface area contributed by atoms with Crippen LogP contribution in [0.2, 0.25) is 0 Å². The summed E-state index contributed by atoms with van der Waals surface area (Å²) in [5.74, 6) is 1.14. The Morgan fingerprint density at radius 3 is 2.63 bits per heavy atom. The average molecular weight is 258 g/mol. The van der Waals surface area contributed by atoms with Crippen molar-refractivity contribution in [1.82, 2.24) is 10.6 Å². The van der Waals surface area contributed by atoms with Crippen molar-refractivity contribution in [3.63, 3.8) is 0 Å². The summed E-state index contributed by atoms with van der Waals surface area (Å²) in [6.07, 6.45) is 3.32. The van der Waals surface area contributed by atoms with E-state index in [4.69, 9.17) is 0 Å². The van der Waals surface area contributed by atoms with Crippen molar-refractivity contribution in [3.05, 3.63) is 35.4 Å². The lowest BCUT2D eigenvalue weighted by molar-refractivity contribution is 0.247. The molecule has 0 radical (unpaired) electrons. The van der Waals surface area contributed by atoms with Gasteiger partial charge in [0.05, 0.1) is 12.1 Å². The summed E-state index contributed by atoms with van der Waals surface area (Å²) in [5, 5.41) is 6.07. The van der Waals surface area contributed by atoms with Gasteiger partial charge in [-0.1, -0.05) is 38.1 Å². The molecule has 1 aliphatic carbocycles. The van der Waals surface area contributed by atoms with Crippen LogP contribution in [0.4, 0.5) is 4.79 Å². The van der Waals surface area contributed by atoms with Crippen molar-refractivity contribution >= 4 is 6.03 Å². The lowest BCUT2D eigenvalue weighted by Crippen LogP contribution is -2.39. The van der Waals surface area contributed by atoms with E-state index in [1.165, 1.54) is 17.5 Å². The highest BCUT2D eigenvalue weighted by atomic mass is 16.2. The molecule has 2 amide bonds. The van der Waals surface area contributed by atoms with Crippen LogP contribution in [0.25, 0.3) is 0 Å². The van der Waals surface area contributed by atoms with Gasteiger partial charge in [0.2, 0.25) is 0 Å². The van der Waals surface area contributed by atoms with Crippen molar-refractivity contribution in [2.75, 3.05) is 0 Å². The molecular formula is C16H22N2O. The second-order valence-electron chi connectivity index (χ2n) is 6.12. The summed E-state index contributed by atoms with van der Waals surface area (Å²) >= 11 is 0. The maximum atomic E-state index is 11.4. The molecule has 102 valence electrons. The summed E-state index contributed by atoms with van der Waals surface area (Å²) < 4.78 is 0. The third kappa shape index (κ3) is 2.34. The lowest BCUT2D eigenvalue weighted by atomic mass is 9.77. The van der Waals surface area contributed by atoms with Crippen molar-refractivity contribution < 1.29 is 4.79 Å². The number of carbonyl (C=O) groups is 1. The Morgan fingerprint density at radius 2 is 1.84 bits per heavy atom. The van der Waals surface area contributed by atoms with E-state index in [0.29, 0.717) is 23.9 Å². The SMILES string of the molecule is CC(C)c1ccccc1C1CCC2NC(=O)NC2C1.